The number of nitrogens with zero attached hydrogens (tertiary/aromatic N) is 4. The van der Waals surface area contributed by atoms with E-state index in [1.807, 2.05) is 54.7 Å². The first-order chi connectivity index (χ1) is 18.9. The highest BCUT2D eigenvalue weighted by Gasteiger charge is 2.20. The number of rotatable bonds is 5. The first-order valence-corrected chi connectivity index (χ1v) is 12.4. The van der Waals surface area contributed by atoms with Crippen LogP contribution in [0.5, 0.6) is 17.2 Å². The predicted molar refractivity (Wildman–Crippen MR) is 149 cm³/mol. The molecule has 10 nitrogen and oxygen atoms in total. The fraction of sp³-hybridized carbons (Fsp3) is 0.207. The van der Waals surface area contributed by atoms with Gasteiger partial charge in [-0.15, -0.1) is 0 Å². The molecule has 0 unspecified atom stereocenters. The minimum Gasteiger partial charge on any atom is -0.493 e. The lowest BCUT2D eigenvalue weighted by Gasteiger charge is -2.24. The molecule has 0 bridgehead atoms. The molecule has 0 atom stereocenters. The number of carbonyl (C=O) groups is 1. The number of aromatic amines is 1. The maximum absolute atomic E-state index is 11.3. The van der Waals surface area contributed by atoms with E-state index < -0.39 is 6.09 Å². The van der Waals surface area contributed by atoms with Gasteiger partial charge >= 0.3 is 6.09 Å². The molecule has 198 valence electrons. The van der Waals surface area contributed by atoms with Gasteiger partial charge in [0.2, 0.25) is 5.95 Å². The van der Waals surface area contributed by atoms with E-state index in [0.29, 0.717) is 36.7 Å². The van der Waals surface area contributed by atoms with Gasteiger partial charge in [0.1, 0.15) is 12.4 Å². The Hall–Kier alpha value is -4.99. The maximum atomic E-state index is 11.3. The second kappa shape index (κ2) is 9.71. The molecule has 0 spiro atoms. The summed E-state index contributed by atoms with van der Waals surface area (Å²) >= 11 is 0. The Morgan fingerprint density at radius 3 is 2.59 bits per heavy atom. The molecule has 10 heteroatoms. The van der Waals surface area contributed by atoms with Crippen LogP contribution in [0.15, 0.2) is 60.8 Å². The summed E-state index contributed by atoms with van der Waals surface area (Å²) in [6, 6.07) is 17.9. The first kappa shape index (κ1) is 24.4. The first-order valence-electron chi connectivity index (χ1n) is 12.4. The molecule has 0 saturated carbocycles. The summed E-state index contributed by atoms with van der Waals surface area (Å²) in [5.74, 6) is 2.42. The van der Waals surface area contributed by atoms with Crippen LogP contribution in [0, 0.1) is 0 Å². The van der Waals surface area contributed by atoms with Gasteiger partial charge in [-0.3, -0.25) is 9.88 Å². The predicted octanol–water partition coefficient (Wildman–Crippen LogP) is 5.31. The van der Waals surface area contributed by atoms with Crippen LogP contribution in [0.2, 0.25) is 0 Å². The number of H-pyrrole nitrogens is 1. The van der Waals surface area contributed by atoms with Crippen molar-refractivity contribution in [3.63, 3.8) is 0 Å². The Balaban J connectivity index is 1.36. The van der Waals surface area contributed by atoms with Gasteiger partial charge in [-0.1, -0.05) is 12.1 Å². The van der Waals surface area contributed by atoms with Crippen molar-refractivity contribution in [1.29, 1.82) is 0 Å². The van der Waals surface area contributed by atoms with Gasteiger partial charge in [-0.25, -0.2) is 9.78 Å². The lowest BCUT2D eigenvalue weighted by molar-refractivity contribution is 0.203. The van der Waals surface area contributed by atoms with Gasteiger partial charge in [0, 0.05) is 42.5 Å². The maximum Gasteiger partial charge on any atom is 0.413 e. The van der Waals surface area contributed by atoms with Crippen molar-refractivity contribution in [3.8, 4) is 28.4 Å². The summed E-state index contributed by atoms with van der Waals surface area (Å²) in [5.41, 5.74) is 6.39. The van der Waals surface area contributed by atoms with Crippen LogP contribution < -0.4 is 24.0 Å². The summed E-state index contributed by atoms with van der Waals surface area (Å²) in [5, 5.41) is 10.2. The molecular formula is C29H27N5O5. The minimum atomic E-state index is -1.08. The van der Waals surface area contributed by atoms with Crippen molar-refractivity contribution in [2.45, 2.75) is 6.54 Å². The van der Waals surface area contributed by atoms with Crippen LogP contribution in [0.1, 0.15) is 5.56 Å². The zero-order chi connectivity index (χ0) is 27.1. The SMILES string of the molecule is COc1cc2nccc(N3CCOc4ccc(-c5ccc6nc(N(C)C(=O)O)[nH]c6c5)cc4C3)c2cc1OC. The van der Waals surface area contributed by atoms with Crippen LogP contribution in [0.3, 0.4) is 0 Å². The molecule has 0 radical (unpaired) electrons. The third-order valence-electron chi connectivity index (χ3n) is 7.01. The molecule has 3 aromatic carbocycles. The number of aromatic nitrogens is 3. The Morgan fingerprint density at radius 2 is 1.79 bits per heavy atom. The quantitative estimate of drug-likeness (QED) is 0.318. The second-order valence-corrected chi connectivity index (χ2v) is 9.28. The van der Waals surface area contributed by atoms with E-state index in [-0.39, 0.29) is 5.95 Å². The second-order valence-electron chi connectivity index (χ2n) is 9.28. The number of benzene rings is 3. The van der Waals surface area contributed by atoms with Crippen LogP contribution in [-0.2, 0) is 6.54 Å². The number of pyridine rings is 1. The lowest BCUT2D eigenvalue weighted by atomic mass is 10.0. The van der Waals surface area contributed by atoms with Gasteiger partial charge in [0.15, 0.2) is 11.5 Å². The fourth-order valence-corrected chi connectivity index (χ4v) is 4.94. The molecule has 2 N–H and O–H groups in total. The number of amides is 1. The van der Waals surface area contributed by atoms with Crippen molar-refractivity contribution >= 4 is 39.7 Å². The minimum absolute atomic E-state index is 0.277. The zero-order valence-corrected chi connectivity index (χ0v) is 21.8. The number of nitrogens with one attached hydrogen (secondary N) is 1. The molecule has 6 rings (SSSR count). The Kier molecular flexibility index (Phi) is 6.07. The summed E-state index contributed by atoms with van der Waals surface area (Å²) < 4.78 is 17.2. The Bertz CT molecular complexity index is 1720. The monoisotopic (exact) mass is 525 g/mol. The molecule has 5 aromatic rings. The fourth-order valence-electron chi connectivity index (χ4n) is 4.94. The normalized spacial score (nSPS) is 13.1. The molecule has 0 fully saturated rings. The van der Waals surface area contributed by atoms with Crippen LogP contribution in [-0.4, -0.2) is 60.6 Å². The van der Waals surface area contributed by atoms with E-state index in [9.17, 15) is 9.90 Å². The molecule has 0 saturated heterocycles. The summed E-state index contributed by atoms with van der Waals surface area (Å²) in [7, 11) is 4.70. The van der Waals surface area contributed by atoms with Crippen molar-refractivity contribution < 1.29 is 24.1 Å². The summed E-state index contributed by atoms with van der Waals surface area (Å²) in [6.07, 6.45) is 0.728. The standard InChI is InChI=1S/C29H27N5O5/c1-33(29(35)36)28-31-21-6-4-18(13-23(21)32-28)17-5-7-25-19(12-17)16-34(10-11-39-25)24-8-9-30-22-15-27(38-3)26(37-2)14-20(22)24/h4-9,12-15H,10-11,16H2,1-3H3,(H,31,32)(H,35,36). The van der Waals surface area contributed by atoms with E-state index in [4.69, 9.17) is 14.2 Å². The number of methoxy groups -OCH3 is 2. The van der Waals surface area contributed by atoms with Crippen LogP contribution >= 0.6 is 0 Å². The number of carboxylic acid groups (broad SMARTS) is 1. The van der Waals surface area contributed by atoms with Crippen LogP contribution in [0.25, 0.3) is 33.1 Å². The largest absolute Gasteiger partial charge is 0.493 e. The van der Waals surface area contributed by atoms with Gasteiger partial charge in [0.05, 0.1) is 37.3 Å². The van der Waals surface area contributed by atoms with Crippen molar-refractivity contribution in [2.75, 3.05) is 44.2 Å². The molecule has 1 aliphatic heterocycles. The molecule has 3 heterocycles. The van der Waals surface area contributed by atoms with Gasteiger partial charge in [0.25, 0.3) is 0 Å². The average Bonchev–Trinajstić information content (AvgIpc) is 3.27. The lowest BCUT2D eigenvalue weighted by Crippen LogP contribution is -2.25. The average molecular weight is 526 g/mol. The molecule has 2 aromatic heterocycles. The molecule has 39 heavy (non-hydrogen) atoms. The number of fused-ring (bicyclic) bond motifs is 3. The van der Waals surface area contributed by atoms with E-state index in [1.165, 1.54) is 7.05 Å². The van der Waals surface area contributed by atoms with Crippen molar-refractivity contribution in [3.05, 3.63) is 66.4 Å². The number of hydrogen-bond donors (Lipinski definition) is 2. The van der Waals surface area contributed by atoms with Gasteiger partial charge < -0.3 is 29.2 Å². The van der Waals surface area contributed by atoms with E-state index in [0.717, 1.165) is 49.4 Å². The van der Waals surface area contributed by atoms with Crippen LogP contribution in [0.4, 0.5) is 16.4 Å². The molecule has 0 aliphatic carbocycles. The Labute approximate surface area is 224 Å². The third-order valence-corrected chi connectivity index (χ3v) is 7.01. The van der Waals surface area contributed by atoms with Crippen molar-refractivity contribution in [2.24, 2.45) is 0 Å². The highest BCUT2D eigenvalue weighted by Crippen LogP contribution is 2.38. The number of ether oxygens (including phenoxy) is 3. The third kappa shape index (κ3) is 4.39. The van der Waals surface area contributed by atoms with Crippen molar-refractivity contribution in [1.82, 2.24) is 15.0 Å². The highest BCUT2D eigenvalue weighted by atomic mass is 16.5. The zero-order valence-electron chi connectivity index (χ0n) is 21.8. The molecular weight excluding hydrogens is 498 g/mol. The van der Waals surface area contributed by atoms with E-state index in [2.05, 4.69) is 25.9 Å². The molecule has 1 aliphatic rings. The number of imidazole rings is 1. The summed E-state index contributed by atoms with van der Waals surface area (Å²) in [4.78, 5) is 26.7. The highest BCUT2D eigenvalue weighted by molar-refractivity contribution is 5.94. The molecule has 1 amide bonds. The van der Waals surface area contributed by atoms with E-state index in [1.54, 1.807) is 14.2 Å². The topological polar surface area (TPSA) is 113 Å². The van der Waals surface area contributed by atoms with E-state index >= 15 is 0 Å². The number of anilines is 2. The smallest absolute Gasteiger partial charge is 0.413 e. The van der Waals surface area contributed by atoms with Gasteiger partial charge in [-0.2, -0.15) is 0 Å². The summed E-state index contributed by atoms with van der Waals surface area (Å²) in [6.45, 7) is 1.90. The Morgan fingerprint density at radius 1 is 1.03 bits per heavy atom. The number of hydrogen-bond acceptors (Lipinski definition) is 7. The van der Waals surface area contributed by atoms with Gasteiger partial charge in [-0.05, 0) is 47.5 Å².